The number of ketones is 1. The predicted molar refractivity (Wildman–Crippen MR) is 196 cm³/mol. The number of nitrogens with zero attached hydrogens (tertiary/aromatic N) is 10. The number of allylic oxidation sites excluding steroid dienone is 3. The van der Waals surface area contributed by atoms with E-state index in [4.69, 9.17) is 0 Å². The summed E-state index contributed by atoms with van der Waals surface area (Å²) in [5.74, 6) is -2.68. The van der Waals surface area contributed by atoms with Crippen LogP contribution in [0, 0.1) is 27.5 Å². The smallest absolute Gasteiger partial charge is 0.871 e. The Labute approximate surface area is 346 Å². The summed E-state index contributed by atoms with van der Waals surface area (Å²) in [6, 6.07) is 11.9. The van der Waals surface area contributed by atoms with Crippen molar-refractivity contribution in [2.75, 3.05) is 5.01 Å². The molecule has 59 heavy (non-hydrogen) atoms. The Morgan fingerprint density at radius 2 is 1.39 bits per heavy atom. The zero-order valence-corrected chi connectivity index (χ0v) is 32.4. The third-order valence-electron chi connectivity index (χ3n) is 7.54. The van der Waals surface area contributed by atoms with E-state index in [1.807, 2.05) is 0 Å². The quantitative estimate of drug-likeness (QED) is 0.0765. The number of hydrogen-bond donors (Lipinski definition) is 0. The third kappa shape index (κ3) is 10.4. The van der Waals surface area contributed by atoms with Gasteiger partial charge < -0.3 is 35.0 Å². The third-order valence-corrected chi connectivity index (χ3v) is 9.24. The number of nitro benzene ring substituents is 1. The number of non-ortho nitro benzene ring substituents is 1. The molecule has 0 saturated carbocycles. The largest absolute Gasteiger partial charge is 3.00 e. The fraction of sp³-hybridized carbons (Fsp3) is 0.0625. The van der Waals surface area contributed by atoms with E-state index in [1.54, 1.807) is 0 Å². The summed E-state index contributed by atoms with van der Waals surface area (Å²) in [6.45, 7) is 2.91. The van der Waals surface area contributed by atoms with Gasteiger partial charge in [0.25, 0.3) is 5.69 Å². The minimum absolute atomic E-state index is 0. The van der Waals surface area contributed by atoms with E-state index in [0.29, 0.717) is 0 Å². The molecule has 0 N–H and O–H groups in total. The second-order valence-corrected chi connectivity index (χ2v) is 14.2. The molecular weight excluding hydrogens is 865 g/mol. The molecular formula is C32H23CrN10O14S2. The number of rotatable bonds is 9. The van der Waals surface area contributed by atoms with Gasteiger partial charge in [-0.3, -0.25) is 19.7 Å². The maximum atomic E-state index is 12.5. The van der Waals surface area contributed by atoms with Crippen molar-refractivity contribution < 1.29 is 72.3 Å². The Hall–Kier alpha value is -6.83. The van der Waals surface area contributed by atoms with Gasteiger partial charge in [-0.15, -0.1) is 15.3 Å². The van der Waals surface area contributed by atoms with Crippen LogP contribution >= 0.6 is 0 Å². The number of azo groups is 1. The molecule has 3 aromatic carbocycles. The zero-order valence-electron chi connectivity index (χ0n) is 32.5. The molecule has 0 unspecified atom stereocenters. The normalized spacial score (nSPS) is 15.5. The number of aromatic nitrogens is 2. The number of hydrogen-bond acceptors (Lipinski definition) is 21. The van der Waals surface area contributed by atoms with Crippen molar-refractivity contribution in [3.63, 3.8) is 0 Å². The SMILES string of the molecule is CC1=NN(c2ccc(S(=O)(=O)[O-])cc2)C(=O)C1=NN=C1C=C(N([O-])[O-])C=CC1=O.Cc1nn(-c2ccc(S(=O)(=O)[O-])cc2)c([O-])c1N=Nc1cc([N+](=O)[O-])ccc1[O-].[Cr+3].[H+].[H+].[H+]. The summed E-state index contributed by atoms with van der Waals surface area (Å²) >= 11 is 0. The van der Waals surface area contributed by atoms with Crippen LogP contribution in [0.1, 0.15) is 16.9 Å². The van der Waals surface area contributed by atoms with E-state index >= 15 is 0 Å². The van der Waals surface area contributed by atoms with Crippen LogP contribution in [0.2, 0.25) is 0 Å². The van der Waals surface area contributed by atoms with Gasteiger partial charge in [0.1, 0.15) is 31.6 Å². The van der Waals surface area contributed by atoms with Crippen LogP contribution in [0.3, 0.4) is 0 Å². The molecule has 1 aliphatic heterocycles. The molecule has 0 fully saturated rings. The molecule has 0 spiro atoms. The summed E-state index contributed by atoms with van der Waals surface area (Å²) in [5.41, 5.74) is -1.14. The van der Waals surface area contributed by atoms with Crippen LogP contribution in [0.25, 0.3) is 5.69 Å². The number of nitro groups is 1. The van der Waals surface area contributed by atoms with Crippen molar-refractivity contribution in [3.8, 4) is 17.3 Å². The first-order chi connectivity index (χ1) is 27.1. The van der Waals surface area contributed by atoms with E-state index in [2.05, 4.69) is 30.6 Å². The topological polar surface area (TPSA) is 370 Å². The molecule has 303 valence electrons. The van der Waals surface area contributed by atoms with Crippen molar-refractivity contribution in [2.45, 2.75) is 23.6 Å². The second-order valence-electron chi connectivity index (χ2n) is 11.4. The molecule has 2 heterocycles. The van der Waals surface area contributed by atoms with E-state index in [0.717, 1.165) is 70.4 Å². The van der Waals surface area contributed by atoms with Gasteiger partial charge >= 0.3 is 27.5 Å². The molecule has 6 rings (SSSR count). The summed E-state index contributed by atoms with van der Waals surface area (Å²) < 4.78 is 66.8. The molecule has 1 aliphatic carbocycles. The van der Waals surface area contributed by atoms with Crippen molar-refractivity contribution in [1.82, 2.24) is 15.0 Å². The van der Waals surface area contributed by atoms with Gasteiger partial charge in [-0.25, -0.2) is 21.5 Å². The first-order valence-corrected chi connectivity index (χ1v) is 18.4. The molecule has 1 aromatic heterocycles. The number of hydrazone groups is 1. The molecule has 27 heteroatoms. The molecule has 1 radical (unpaired) electrons. The Morgan fingerprint density at radius 3 is 1.93 bits per heavy atom. The number of amides is 1. The number of carbonyl (C=O) groups excluding carboxylic acids is 2. The second kappa shape index (κ2) is 17.8. The van der Waals surface area contributed by atoms with E-state index < -0.39 is 63.5 Å². The summed E-state index contributed by atoms with van der Waals surface area (Å²) in [7, 11) is -9.27. The Bertz CT molecular complexity index is 2780. The number of carbonyl (C=O) groups is 2. The molecule has 24 nitrogen and oxygen atoms in total. The zero-order chi connectivity index (χ0) is 42.7. The molecule has 2 aliphatic rings. The van der Waals surface area contributed by atoms with Crippen LogP contribution in [-0.2, 0) is 47.2 Å². The Kier molecular flexibility index (Phi) is 13.5. The van der Waals surface area contributed by atoms with Gasteiger partial charge in [0.15, 0.2) is 5.71 Å². The van der Waals surface area contributed by atoms with Gasteiger partial charge in [0.05, 0.1) is 43.2 Å². The number of hydroxylamine groups is 2. The van der Waals surface area contributed by atoms with Crippen LogP contribution in [0.5, 0.6) is 11.6 Å². The standard InChI is InChI=1S/C16H13N5O7S.C16H11N5O7S.Cr/c2*1-9-15(18-17-13-8-11(21(24)25)4-7-14(13)22)16(23)20(19-9)10-2-5-12(6-3-10)29(26,27)28;/h2-8,22-23H,1H3,(H,26,27,28);2-8H,1H3,(H,26,27,28);/q;-2;+3/p-1. The first kappa shape index (κ1) is 44.9. The van der Waals surface area contributed by atoms with E-state index in [1.165, 1.54) is 38.1 Å². The fourth-order valence-corrected chi connectivity index (χ4v) is 5.63. The summed E-state index contributed by atoms with van der Waals surface area (Å²) in [5, 5.41) is 79.6. The number of benzene rings is 3. The van der Waals surface area contributed by atoms with Crippen LogP contribution in [-0.4, -0.2) is 74.7 Å². The van der Waals surface area contributed by atoms with Gasteiger partial charge in [-0.1, -0.05) is 11.8 Å². The Morgan fingerprint density at radius 1 is 0.814 bits per heavy atom. The molecule has 0 bridgehead atoms. The van der Waals surface area contributed by atoms with Crippen molar-refractivity contribution in [1.29, 1.82) is 0 Å². The molecule has 1 amide bonds. The maximum Gasteiger partial charge on any atom is 3.00 e. The van der Waals surface area contributed by atoms with Crippen molar-refractivity contribution in [2.24, 2.45) is 25.5 Å². The maximum absolute atomic E-state index is 12.5. The van der Waals surface area contributed by atoms with Crippen LogP contribution < -0.4 is 15.2 Å². The Balaban J connectivity index is 0.000000582. The van der Waals surface area contributed by atoms with Gasteiger partial charge in [-0.05, 0) is 80.6 Å². The van der Waals surface area contributed by atoms with E-state index in [9.17, 15) is 66.3 Å². The number of anilines is 1. The van der Waals surface area contributed by atoms with Gasteiger partial charge in [-0.2, -0.15) is 20.3 Å². The first-order valence-electron chi connectivity index (χ1n) is 15.6. The van der Waals surface area contributed by atoms with Crippen LogP contribution in [0.15, 0.2) is 126 Å². The van der Waals surface area contributed by atoms with Crippen molar-refractivity contribution in [3.05, 3.63) is 117 Å². The monoisotopic (exact) mass is 887 g/mol. The molecule has 4 aromatic rings. The summed E-state index contributed by atoms with van der Waals surface area (Å²) in [6.07, 6.45) is 2.92. The average Bonchev–Trinajstić information content (AvgIpc) is 3.61. The van der Waals surface area contributed by atoms with E-state index in [-0.39, 0.29) is 78.6 Å². The van der Waals surface area contributed by atoms with Crippen molar-refractivity contribution >= 4 is 71.8 Å². The molecule has 0 saturated heterocycles. The molecule has 0 atom stereocenters. The number of aryl methyl sites for hydroxylation is 1. The van der Waals surface area contributed by atoms with Gasteiger partial charge in [0.2, 0.25) is 5.78 Å². The minimum Gasteiger partial charge on any atom is -0.871 e. The predicted octanol–water partition coefficient (Wildman–Crippen LogP) is 2.32. The van der Waals surface area contributed by atoms with Crippen LogP contribution in [0.4, 0.5) is 22.7 Å². The minimum atomic E-state index is -4.64. The fourth-order valence-electron chi connectivity index (χ4n) is 4.69. The van der Waals surface area contributed by atoms with Gasteiger partial charge in [0, 0.05) is 23.7 Å². The average molecular weight is 888 g/mol. The summed E-state index contributed by atoms with van der Waals surface area (Å²) in [4.78, 5) is 33.5.